The van der Waals surface area contributed by atoms with Gasteiger partial charge in [0.05, 0.1) is 50.7 Å². The van der Waals surface area contributed by atoms with Crippen LogP contribution in [0.25, 0.3) is 21.8 Å². The molecule has 0 saturated carbocycles. The molecule has 0 bridgehead atoms. The van der Waals surface area contributed by atoms with Crippen LogP contribution in [0.3, 0.4) is 0 Å². The molecule has 0 radical (unpaired) electrons. The third kappa shape index (κ3) is 5.11. The van der Waals surface area contributed by atoms with Crippen molar-refractivity contribution in [2.75, 3.05) is 39.9 Å². The summed E-state index contributed by atoms with van der Waals surface area (Å²) in [5.74, 6) is 1.29. The van der Waals surface area contributed by atoms with Crippen molar-refractivity contribution in [3.05, 3.63) is 40.7 Å². The van der Waals surface area contributed by atoms with Crippen molar-refractivity contribution in [3.8, 4) is 23.0 Å². The molecule has 3 heterocycles. The molecule has 1 unspecified atom stereocenters. The number of carbonyl (C=O) groups is 2. The molecule has 1 aliphatic rings. The topological polar surface area (TPSA) is 115 Å². The Morgan fingerprint density at radius 2 is 1.64 bits per heavy atom. The van der Waals surface area contributed by atoms with E-state index in [0.717, 1.165) is 21.9 Å². The van der Waals surface area contributed by atoms with Gasteiger partial charge in [-0.15, -0.1) is 0 Å². The number of nitrogens with zero attached hydrogens (tertiary/aromatic N) is 1. The number of H-pyrrole nitrogens is 2. The van der Waals surface area contributed by atoms with Crippen molar-refractivity contribution in [1.82, 2.24) is 9.97 Å². The van der Waals surface area contributed by atoms with Crippen molar-refractivity contribution >= 4 is 63.6 Å². The first-order valence-electron chi connectivity index (χ1n) is 14.4. The minimum atomic E-state index is -2.32. The average Bonchev–Trinajstić information content (AvgIpc) is 3.55. The Balaban J connectivity index is 1.74. The Kier molecular flexibility index (Phi) is 8.21. The molecule has 2 aromatic carbocycles. The van der Waals surface area contributed by atoms with Gasteiger partial charge in [-0.1, -0.05) is 36.7 Å². The Morgan fingerprint density at radius 3 is 2.23 bits per heavy atom. The molecule has 2 N–H and O–H groups in total. The monoisotopic (exact) mass is 685 g/mol. The SMILES string of the molecule is COC(=O)c1c(C)[nH]c2c(O[Si](C)(C)C(C)(C)C)cc3c(c12)CC(Br)CN3C(=O)c1cc2cc(OC)c(OC)c(OC)c2[nH]1. The number of nitrogens with one attached hydrogen (secondary N) is 2. The molecule has 1 atom stereocenters. The molecular formula is C32H40BrN3O7Si. The molecule has 0 fully saturated rings. The van der Waals surface area contributed by atoms with Gasteiger partial charge in [0, 0.05) is 33.9 Å². The second-order valence-corrected chi connectivity index (χ2v) is 18.6. The van der Waals surface area contributed by atoms with Gasteiger partial charge >= 0.3 is 5.97 Å². The highest BCUT2D eigenvalue weighted by molar-refractivity contribution is 9.09. The number of hydrogen-bond donors (Lipinski definition) is 2. The lowest BCUT2D eigenvalue weighted by Crippen LogP contribution is -2.44. The number of methoxy groups -OCH3 is 4. The van der Waals surface area contributed by atoms with Gasteiger partial charge < -0.3 is 38.2 Å². The molecule has 12 heteroatoms. The van der Waals surface area contributed by atoms with Crippen LogP contribution >= 0.6 is 15.9 Å². The van der Waals surface area contributed by atoms with Crippen LogP contribution in [0.1, 0.15) is 52.9 Å². The fourth-order valence-electron chi connectivity index (χ4n) is 5.62. The fourth-order valence-corrected chi connectivity index (χ4v) is 7.25. The first-order chi connectivity index (χ1) is 20.7. The van der Waals surface area contributed by atoms with E-state index in [2.05, 4.69) is 59.8 Å². The van der Waals surface area contributed by atoms with E-state index in [1.54, 1.807) is 31.3 Å². The number of alkyl halides is 1. The van der Waals surface area contributed by atoms with Gasteiger partial charge in [-0.3, -0.25) is 4.79 Å². The van der Waals surface area contributed by atoms with E-state index in [1.807, 2.05) is 13.0 Å². The van der Waals surface area contributed by atoms with E-state index >= 15 is 0 Å². The summed E-state index contributed by atoms with van der Waals surface area (Å²) >= 11 is 3.79. The summed E-state index contributed by atoms with van der Waals surface area (Å²) < 4.78 is 28.8. The number of esters is 1. The number of anilines is 1. The van der Waals surface area contributed by atoms with Crippen molar-refractivity contribution in [3.63, 3.8) is 0 Å². The highest BCUT2D eigenvalue weighted by atomic mass is 79.9. The van der Waals surface area contributed by atoms with E-state index < -0.39 is 14.3 Å². The number of aromatic amines is 2. The first kappa shape index (κ1) is 31.8. The molecular weight excluding hydrogens is 646 g/mol. The highest BCUT2D eigenvalue weighted by Crippen LogP contribution is 2.47. The molecule has 10 nitrogen and oxygen atoms in total. The van der Waals surface area contributed by atoms with Crippen molar-refractivity contribution in [1.29, 1.82) is 0 Å². The van der Waals surface area contributed by atoms with E-state index in [9.17, 15) is 9.59 Å². The van der Waals surface area contributed by atoms with Crippen molar-refractivity contribution < 1.29 is 33.0 Å². The highest BCUT2D eigenvalue weighted by Gasteiger charge is 2.41. The van der Waals surface area contributed by atoms with Crippen LogP contribution in [-0.4, -0.2) is 70.0 Å². The standard InChI is InChI=1S/C32H40BrN3O7Si/c1-16-24(31(38)42-8)25-19-13-18(33)15-36(21(19)14-22(27(25)34-16)43-44(9,10)32(2,3)4)30(37)20-11-17-12-23(39-5)28(40-6)29(41-7)26(17)35-20/h11-12,14,18,34-35H,13,15H2,1-10H3. The largest absolute Gasteiger partial charge is 0.542 e. The Morgan fingerprint density at radius 1 is 0.955 bits per heavy atom. The van der Waals surface area contributed by atoms with E-state index in [1.165, 1.54) is 14.2 Å². The number of benzene rings is 2. The minimum Gasteiger partial charge on any atom is -0.542 e. The molecule has 2 aromatic heterocycles. The Bertz CT molecular complexity index is 1790. The third-order valence-electron chi connectivity index (χ3n) is 8.87. The molecule has 5 rings (SSSR count). The molecule has 0 spiro atoms. The smallest absolute Gasteiger partial charge is 0.340 e. The maximum Gasteiger partial charge on any atom is 0.340 e. The minimum absolute atomic E-state index is 0.0610. The van der Waals surface area contributed by atoms with Crippen LogP contribution < -0.4 is 23.5 Å². The second kappa shape index (κ2) is 11.4. The summed E-state index contributed by atoms with van der Waals surface area (Å²) in [4.78, 5) is 35.9. The van der Waals surface area contributed by atoms with Gasteiger partial charge in [-0.05, 0) is 49.2 Å². The van der Waals surface area contributed by atoms with Crippen LogP contribution in [0, 0.1) is 6.92 Å². The number of ether oxygens (including phenoxy) is 4. The number of amides is 1. The number of rotatable bonds is 7. The molecule has 1 aliphatic heterocycles. The number of aryl methyl sites for hydroxylation is 1. The van der Waals surface area contributed by atoms with Crippen LogP contribution in [0.5, 0.6) is 23.0 Å². The lowest BCUT2D eigenvalue weighted by Gasteiger charge is -2.38. The number of halogens is 1. The zero-order valence-corrected chi connectivity index (χ0v) is 29.5. The van der Waals surface area contributed by atoms with Crippen LogP contribution in [0.15, 0.2) is 18.2 Å². The fraction of sp³-hybridized carbons (Fsp3) is 0.438. The molecule has 0 aliphatic carbocycles. The summed E-state index contributed by atoms with van der Waals surface area (Å²) in [6.45, 7) is 13.1. The first-order valence-corrected chi connectivity index (χ1v) is 18.2. The van der Waals surface area contributed by atoms with Crippen LogP contribution in [-0.2, 0) is 11.2 Å². The van der Waals surface area contributed by atoms with Crippen LogP contribution in [0.4, 0.5) is 5.69 Å². The summed E-state index contributed by atoms with van der Waals surface area (Å²) in [5.41, 5.74) is 4.40. The zero-order chi connectivity index (χ0) is 32.3. The summed E-state index contributed by atoms with van der Waals surface area (Å²) in [7, 11) is 3.69. The quantitative estimate of drug-likeness (QED) is 0.121. The summed E-state index contributed by atoms with van der Waals surface area (Å²) in [6.07, 6.45) is 0.603. The maximum absolute atomic E-state index is 14.4. The maximum atomic E-state index is 14.4. The Labute approximate surface area is 266 Å². The van der Waals surface area contributed by atoms with Crippen molar-refractivity contribution in [2.45, 2.75) is 57.1 Å². The number of hydrogen-bond acceptors (Lipinski definition) is 7. The number of aromatic nitrogens is 2. The zero-order valence-electron chi connectivity index (χ0n) is 26.9. The third-order valence-corrected chi connectivity index (χ3v) is 13.8. The Hall–Kier alpha value is -3.64. The number of carbonyl (C=O) groups excluding carboxylic acids is 2. The number of fused-ring (bicyclic) bond motifs is 4. The van der Waals surface area contributed by atoms with Crippen molar-refractivity contribution in [2.24, 2.45) is 0 Å². The summed E-state index contributed by atoms with van der Waals surface area (Å²) in [5, 5.41) is 1.38. The van der Waals surface area contributed by atoms with Gasteiger partial charge in [0.1, 0.15) is 11.4 Å². The average molecular weight is 687 g/mol. The van der Waals surface area contributed by atoms with Gasteiger partial charge in [0.25, 0.3) is 14.2 Å². The molecule has 1 amide bonds. The van der Waals surface area contributed by atoms with E-state index in [-0.39, 0.29) is 15.8 Å². The lowest BCUT2D eigenvalue weighted by atomic mass is 9.94. The molecule has 236 valence electrons. The molecule has 44 heavy (non-hydrogen) atoms. The van der Waals surface area contributed by atoms with Gasteiger partial charge in [0.2, 0.25) is 5.75 Å². The van der Waals surface area contributed by atoms with Gasteiger partial charge in [0.15, 0.2) is 11.5 Å². The second-order valence-electron chi connectivity index (χ2n) is 12.6. The van der Waals surface area contributed by atoms with E-state index in [0.29, 0.717) is 64.1 Å². The van der Waals surface area contributed by atoms with Gasteiger partial charge in [-0.2, -0.15) is 0 Å². The lowest BCUT2D eigenvalue weighted by molar-refractivity contribution is 0.0602. The predicted octanol–water partition coefficient (Wildman–Crippen LogP) is 7.12. The normalized spacial score (nSPS) is 15.3. The van der Waals surface area contributed by atoms with E-state index in [4.69, 9.17) is 23.4 Å². The molecule has 0 saturated heterocycles. The van der Waals surface area contributed by atoms with Crippen LogP contribution in [0.2, 0.25) is 18.1 Å². The summed E-state index contributed by atoms with van der Waals surface area (Å²) in [6, 6.07) is 5.54. The molecule has 4 aromatic rings. The predicted molar refractivity (Wildman–Crippen MR) is 178 cm³/mol. The van der Waals surface area contributed by atoms with Gasteiger partial charge in [-0.25, -0.2) is 4.79 Å².